The van der Waals surface area contributed by atoms with E-state index in [1.54, 1.807) is 24.3 Å². The SMILES string of the molecule is COc1ccc(NC=C2C(=O)OC(C)(C)OC2=O)cc1NC(=O)c1ccco1. The summed E-state index contributed by atoms with van der Waals surface area (Å²) in [4.78, 5) is 36.1. The maximum atomic E-state index is 12.2. The van der Waals surface area contributed by atoms with Crippen molar-refractivity contribution in [2.45, 2.75) is 19.6 Å². The molecule has 1 aliphatic rings. The van der Waals surface area contributed by atoms with Gasteiger partial charge in [0, 0.05) is 25.7 Å². The Morgan fingerprint density at radius 2 is 1.86 bits per heavy atom. The summed E-state index contributed by atoms with van der Waals surface area (Å²) in [6, 6.07) is 7.94. The second kappa shape index (κ2) is 7.47. The van der Waals surface area contributed by atoms with Gasteiger partial charge in [-0.05, 0) is 30.3 Å². The Morgan fingerprint density at radius 1 is 1.14 bits per heavy atom. The summed E-state index contributed by atoms with van der Waals surface area (Å²) in [5.74, 6) is -2.81. The Labute approximate surface area is 160 Å². The van der Waals surface area contributed by atoms with Gasteiger partial charge in [0.1, 0.15) is 5.75 Å². The molecule has 0 unspecified atom stereocenters. The fourth-order valence-corrected chi connectivity index (χ4v) is 2.42. The predicted molar refractivity (Wildman–Crippen MR) is 97.6 cm³/mol. The molecular formula is C19H18N2O7. The van der Waals surface area contributed by atoms with Crippen molar-refractivity contribution in [3.8, 4) is 5.75 Å². The number of ether oxygens (including phenoxy) is 3. The summed E-state index contributed by atoms with van der Waals surface area (Å²) >= 11 is 0. The fraction of sp³-hybridized carbons (Fsp3) is 0.211. The van der Waals surface area contributed by atoms with Crippen molar-refractivity contribution >= 4 is 29.2 Å². The molecule has 0 saturated carbocycles. The van der Waals surface area contributed by atoms with Crippen LogP contribution in [0, 0.1) is 0 Å². The first-order valence-corrected chi connectivity index (χ1v) is 8.25. The third-order valence-electron chi connectivity index (χ3n) is 3.69. The van der Waals surface area contributed by atoms with Crippen molar-refractivity contribution in [3.63, 3.8) is 0 Å². The Morgan fingerprint density at radius 3 is 2.46 bits per heavy atom. The van der Waals surface area contributed by atoms with Crippen LogP contribution in [0.4, 0.5) is 11.4 Å². The van der Waals surface area contributed by atoms with E-state index in [9.17, 15) is 14.4 Å². The molecule has 2 aromatic rings. The van der Waals surface area contributed by atoms with E-state index in [1.165, 1.54) is 39.5 Å². The number of hydrogen-bond donors (Lipinski definition) is 2. The summed E-state index contributed by atoms with van der Waals surface area (Å²) in [6.45, 7) is 2.93. The molecule has 1 saturated heterocycles. The highest BCUT2D eigenvalue weighted by Gasteiger charge is 2.38. The molecule has 0 bridgehead atoms. The van der Waals surface area contributed by atoms with Crippen molar-refractivity contribution in [3.05, 3.63) is 54.1 Å². The number of carbonyl (C=O) groups excluding carboxylic acids is 3. The average molecular weight is 386 g/mol. The zero-order chi connectivity index (χ0) is 20.3. The van der Waals surface area contributed by atoms with Gasteiger partial charge in [0.2, 0.25) is 0 Å². The van der Waals surface area contributed by atoms with Crippen LogP contribution in [0.5, 0.6) is 5.75 Å². The van der Waals surface area contributed by atoms with Crippen molar-refractivity contribution in [2.75, 3.05) is 17.7 Å². The Hall–Kier alpha value is -3.75. The van der Waals surface area contributed by atoms with Gasteiger partial charge in [0.25, 0.3) is 11.7 Å². The van der Waals surface area contributed by atoms with Gasteiger partial charge in [-0.15, -0.1) is 0 Å². The molecule has 28 heavy (non-hydrogen) atoms. The van der Waals surface area contributed by atoms with Crippen LogP contribution >= 0.6 is 0 Å². The number of anilines is 2. The highest BCUT2D eigenvalue weighted by molar-refractivity contribution is 6.15. The summed E-state index contributed by atoms with van der Waals surface area (Å²) in [6.07, 6.45) is 2.57. The highest BCUT2D eigenvalue weighted by atomic mass is 16.7. The molecule has 0 radical (unpaired) electrons. The first-order valence-electron chi connectivity index (χ1n) is 8.25. The molecule has 1 aromatic carbocycles. The summed E-state index contributed by atoms with van der Waals surface area (Å²) in [7, 11) is 1.46. The predicted octanol–water partition coefficient (Wildman–Crippen LogP) is 2.67. The number of nitrogens with one attached hydrogen (secondary N) is 2. The molecule has 2 N–H and O–H groups in total. The summed E-state index contributed by atoms with van der Waals surface area (Å²) in [5.41, 5.74) is 0.562. The summed E-state index contributed by atoms with van der Waals surface area (Å²) in [5, 5.41) is 5.48. The van der Waals surface area contributed by atoms with Crippen LogP contribution in [0.15, 0.2) is 52.8 Å². The van der Waals surface area contributed by atoms with Crippen LogP contribution in [0.3, 0.4) is 0 Å². The number of methoxy groups -OCH3 is 1. The number of rotatable bonds is 5. The monoisotopic (exact) mass is 386 g/mol. The van der Waals surface area contributed by atoms with Crippen molar-refractivity contribution in [1.29, 1.82) is 0 Å². The number of hydrogen-bond acceptors (Lipinski definition) is 8. The molecule has 0 atom stereocenters. The number of furan rings is 1. The van der Waals surface area contributed by atoms with Gasteiger partial charge >= 0.3 is 11.9 Å². The molecule has 0 aliphatic carbocycles. The molecule has 1 aliphatic heterocycles. The molecule has 1 fully saturated rings. The number of esters is 2. The van der Waals surface area contributed by atoms with Gasteiger partial charge in [-0.3, -0.25) is 4.79 Å². The molecule has 9 nitrogen and oxygen atoms in total. The second-order valence-corrected chi connectivity index (χ2v) is 6.23. The van der Waals surface area contributed by atoms with Crippen molar-refractivity contribution < 1.29 is 33.0 Å². The van der Waals surface area contributed by atoms with Crippen LogP contribution in [0.2, 0.25) is 0 Å². The van der Waals surface area contributed by atoms with Gasteiger partial charge in [0.15, 0.2) is 11.3 Å². The van der Waals surface area contributed by atoms with E-state index < -0.39 is 23.6 Å². The van der Waals surface area contributed by atoms with E-state index in [0.29, 0.717) is 17.1 Å². The van der Waals surface area contributed by atoms with Crippen LogP contribution in [0.1, 0.15) is 24.4 Å². The van der Waals surface area contributed by atoms with Crippen LogP contribution in [-0.2, 0) is 19.1 Å². The lowest BCUT2D eigenvalue weighted by atomic mass is 10.2. The molecule has 0 spiro atoms. The zero-order valence-corrected chi connectivity index (χ0v) is 15.4. The van der Waals surface area contributed by atoms with E-state index in [-0.39, 0.29) is 11.3 Å². The van der Waals surface area contributed by atoms with E-state index in [2.05, 4.69) is 10.6 Å². The molecule has 9 heteroatoms. The summed E-state index contributed by atoms with van der Waals surface area (Å²) < 4.78 is 20.3. The largest absolute Gasteiger partial charge is 0.495 e. The molecule has 3 rings (SSSR count). The lowest BCUT2D eigenvalue weighted by molar-refractivity contribution is -0.222. The van der Waals surface area contributed by atoms with Crippen molar-refractivity contribution in [2.24, 2.45) is 0 Å². The van der Waals surface area contributed by atoms with E-state index >= 15 is 0 Å². The van der Waals surface area contributed by atoms with E-state index in [1.807, 2.05) is 0 Å². The lowest BCUT2D eigenvalue weighted by Crippen LogP contribution is -2.42. The smallest absolute Gasteiger partial charge is 0.350 e. The van der Waals surface area contributed by atoms with Crippen LogP contribution in [-0.4, -0.2) is 30.7 Å². The quantitative estimate of drug-likeness (QED) is 0.458. The Bertz CT molecular complexity index is 923. The molecule has 146 valence electrons. The Kier molecular flexibility index (Phi) is 5.08. The zero-order valence-electron chi connectivity index (χ0n) is 15.4. The van der Waals surface area contributed by atoms with Crippen molar-refractivity contribution in [1.82, 2.24) is 0 Å². The third kappa shape index (κ3) is 4.14. The molecule has 1 aromatic heterocycles. The third-order valence-corrected chi connectivity index (χ3v) is 3.69. The topological polar surface area (TPSA) is 116 Å². The maximum Gasteiger partial charge on any atom is 0.350 e. The van der Waals surface area contributed by atoms with E-state index in [0.717, 1.165) is 0 Å². The van der Waals surface area contributed by atoms with Gasteiger partial charge in [-0.25, -0.2) is 9.59 Å². The number of carbonyl (C=O) groups is 3. The molecule has 1 amide bonds. The first kappa shape index (κ1) is 19.0. The molecular weight excluding hydrogens is 368 g/mol. The van der Waals surface area contributed by atoms with Gasteiger partial charge in [-0.1, -0.05) is 0 Å². The minimum absolute atomic E-state index is 0.137. The second-order valence-electron chi connectivity index (χ2n) is 6.23. The van der Waals surface area contributed by atoms with Gasteiger partial charge in [-0.2, -0.15) is 0 Å². The van der Waals surface area contributed by atoms with Gasteiger partial charge < -0.3 is 29.3 Å². The number of benzene rings is 1. The highest BCUT2D eigenvalue weighted by Crippen LogP contribution is 2.29. The number of amides is 1. The fourth-order valence-electron chi connectivity index (χ4n) is 2.42. The standard InChI is InChI=1S/C19H18N2O7/c1-19(2)27-17(23)12(18(24)28-19)10-20-11-6-7-14(25-3)13(9-11)21-16(22)15-5-4-8-26-15/h4-10,20H,1-3H3,(H,21,22). The van der Waals surface area contributed by atoms with E-state index in [4.69, 9.17) is 18.6 Å². The average Bonchev–Trinajstić information content (AvgIpc) is 3.15. The minimum atomic E-state index is -1.31. The minimum Gasteiger partial charge on any atom is -0.495 e. The van der Waals surface area contributed by atoms with Crippen LogP contribution in [0.25, 0.3) is 0 Å². The van der Waals surface area contributed by atoms with Crippen LogP contribution < -0.4 is 15.4 Å². The lowest BCUT2D eigenvalue weighted by Gasteiger charge is -2.29. The van der Waals surface area contributed by atoms with Gasteiger partial charge in [0.05, 0.1) is 19.1 Å². The maximum absolute atomic E-state index is 12.2. The molecule has 2 heterocycles. The first-order chi connectivity index (χ1) is 13.3. The Balaban J connectivity index is 1.79. The number of cyclic esters (lactones) is 2. The normalized spacial score (nSPS) is 15.3.